The third-order valence-corrected chi connectivity index (χ3v) is 2.75. The van der Waals surface area contributed by atoms with E-state index < -0.39 is 11.9 Å². The highest BCUT2D eigenvalue weighted by Gasteiger charge is 2.21. The lowest BCUT2D eigenvalue weighted by molar-refractivity contribution is -0.143. The van der Waals surface area contributed by atoms with E-state index in [1.54, 1.807) is 24.3 Å². The molecule has 1 aromatic rings. The summed E-state index contributed by atoms with van der Waals surface area (Å²) in [5.74, 6) is -2.04. The Morgan fingerprint density at radius 2 is 1.86 bits per heavy atom. The Morgan fingerprint density at radius 3 is 2.36 bits per heavy atom. The van der Waals surface area contributed by atoms with E-state index in [1.807, 2.05) is 6.07 Å². The molecule has 74 valence electrons. The maximum Gasteiger partial charge on any atom is 0.314 e. The molecule has 0 aliphatic heterocycles. The summed E-state index contributed by atoms with van der Waals surface area (Å²) < 4.78 is 0. The van der Waals surface area contributed by atoms with Crippen molar-refractivity contribution >= 4 is 22.8 Å². The number of carboxylic acid groups (broad SMARTS) is 1. The normalized spacial score (nSPS) is 12.1. The van der Waals surface area contributed by atoms with Gasteiger partial charge in [-0.2, -0.15) is 0 Å². The first kappa shape index (κ1) is 10.8. The van der Waals surface area contributed by atoms with Gasteiger partial charge in [-0.3, -0.25) is 9.59 Å². The van der Waals surface area contributed by atoms with Gasteiger partial charge in [0.15, 0.2) is 0 Å². The quantitative estimate of drug-likeness (QED) is 0.612. The molecule has 0 heterocycles. The van der Waals surface area contributed by atoms with E-state index in [2.05, 4.69) is 0 Å². The molecule has 0 aliphatic carbocycles. The van der Waals surface area contributed by atoms with Crippen molar-refractivity contribution in [3.8, 4) is 0 Å². The summed E-state index contributed by atoms with van der Waals surface area (Å²) in [7, 11) is 0. The second kappa shape index (κ2) is 4.81. The van der Waals surface area contributed by atoms with Crippen LogP contribution >= 0.6 is 11.8 Å². The number of hydrogen-bond acceptors (Lipinski definition) is 3. The van der Waals surface area contributed by atoms with E-state index in [0.717, 1.165) is 16.7 Å². The van der Waals surface area contributed by atoms with E-state index in [1.165, 1.54) is 6.92 Å². The first-order valence-electron chi connectivity index (χ1n) is 4.11. The molecular weight excluding hydrogens is 200 g/mol. The monoisotopic (exact) mass is 210 g/mol. The standard InChI is InChI=1S/C10H10O3S/c1-7(9(11)12)10(13)14-8-5-3-2-4-6-8/h2-7H,1H3,(H,11,12)/t7-/m0/s1. The predicted molar refractivity (Wildman–Crippen MR) is 54.1 cm³/mol. The van der Waals surface area contributed by atoms with Crippen molar-refractivity contribution in [3.63, 3.8) is 0 Å². The van der Waals surface area contributed by atoms with Crippen molar-refractivity contribution < 1.29 is 14.7 Å². The third kappa shape index (κ3) is 2.88. The lowest BCUT2D eigenvalue weighted by Gasteiger charge is -2.03. The Labute approximate surface area is 86.1 Å². The van der Waals surface area contributed by atoms with Gasteiger partial charge in [-0.25, -0.2) is 0 Å². The number of rotatable bonds is 3. The first-order chi connectivity index (χ1) is 6.61. The lowest BCUT2D eigenvalue weighted by Crippen LogP contribution is -2.17. The molecule has 0 fully saturated rings. The second-order valence-electron chi connectivity index (χ2n) is 2.79. The third-order valence-electron chi connectivity index (χ3n) is 1.69. The van der Waals surface area contributed by atoms with Gasteiger partial charge in [0.1, 0.15) is 5.92 Å². The Hall–Kier alpha value is -1.29. The zero-order chi connectivity index (χ0) is 10.6. The van der Waals surface area contributed by atoms with Gasteiger partial charge in [-0.15, -0.1) is 0 Å². The summed E-state index contributed by atoms with van der Waals surface area (Å²) in [4.78, 5) is 22.6. The lowest BCUT2D eigenvalue weighted by atomic mass is 10.2. The van der Waals surface area contributed by atoms with Crippen LogP contribution in [-0.2, 0) is 9.59 Å². The van der Waals surface area contributed by atoms with Crippen molar-refractivity contribution in [3.05, 3.63) is 30.3 Å². The smallest absolute Gasteiger partial charge is 0.314 e. The van der Waals surface area contributed by atoms with Crippen molar-refractivity contribution in [2.75, 3.05) is 0 Å². The maximum atomic E-state index is 11.3. The molecule has 1 aromatic carbocycles. The molecule has 1 atom stereocenters. The van der Waals surface area contributed by atoms with Crippen LogP contribution in [0.4, 0.5) is 0 Å². The van der Waals surface area contributed by atoms with Gasteiger partial charge in [0.05, 0.1) is 0 Å². The topological polar surface area (TPSA) is 54.4 Å². The van der Waals surface area contributed by atoms with Gasteiger partial charge in [0.25, 0.3) is 0 Å². The molecule has 0 saturated heterocycles. The van der Waals surface area contributed by atoms with E-state index >= 15 is 0 Å². The van der Waals surface area contributed by atoms with E-state index in [4.69, 9.17) is 5.11 Å². The van der Waals surface area contributed by atoms with Gasteiger partial charge < -0.3 is 5.11 Å². The average molecular weight is 210 g/mol. The van der Waals surface area contributed by atoms with Gasteiger partial charge >= 0.3 is 5.97 Å². The van der Waals surface area contributed by atoms with Gasteiger partial charge in [0.2, 0.25) is 5.12 Å². The molecule has 0 aliphatic rings. The van der Waals surface area contributed by atoms with Crippen LogP contribution in [0.25, 0.3) is 0 Å². The van der Waals surface area contributed by atoms with E-state index in [0.29, 0.717) is 0 Å². The van der Waals surface area contributed by atoms with E-state index in [-0.39, 0.29) is 5.12 Å². The van der Waals surface area contributed by atoms with Crippen molar-refractivity contribution in [1.29, 1.82) is 0 Å². The molecule has 3 nitrogen and oxygen atoms in total. The van der Waals surface area contributed by atoms with Crippen LogP contribution in [0.1, 0.15) is 6.92 Å². The average Bonchev–Trinajstić information content (AvgIpc) is 2.18. The molecule has 1 N–H and O–H groups in total. The molecule has 0 saturated carbocycles. The molecule has 0 radical (unpaired) electrons. The van der Waals surface area contributed by atoms with Crippen molar-refractivity contribution in [2.45, 2.75) is 11.8 Å². The molecule has 0 spiro atoms. The Kier molecular flexibility index (Phi) is 3.71. The van der Waals surface area contributed by atoms with Crippen LogP contribution in [0.5, 0.6) is 0 Å². The molecular formula is C10H10O3S. The molecule has 0 unspecified atom stereocenters. The minimum Gasteiger partial charge on any atom is -0.481 e. The summed E-state index contributed by atoms with van der Waals surface area (Å²) in [5, 5.41) is 8.25. The summed E-state index contributed by atoms with van der Waals surface area (Å²) in [5.41, 5.74) is 0. The summed E-state index contributed by atoms with van der Waals surface area (Å²) in [6.07, 6.45) is 0. The maximum absolute atomic E-state index is 11.3. The van der Waals surface area contributed by atoms with Crippen LogP contribution in [0.2, 0.25) is 0 Å². The van der Waals surface area contributed by atoms with Crippen LogP contribution in [0.15, 0.2) is 35.2 Å². The highest BCUT2D eigenvalue weighted by molar-refractivity contribution is 8.13. The molecule has 4 heteroatoms. The van der Waals surface area contributed by atoms with Gasteiger partial charge in [-0.05, 0) is 19.1 Å². The first-order valence-corrected chi connectivity index (χ1v) is 4.92. The highest BCUT2D eigenvalue weighted by Crippen LogP contribution is 2.21. The molecule has 0 amide bonds. The largest absolute Gasteiger partial charge is 0.481 e. The zero-order valence-corrected chi connectivity index (χ0v) is 8.45. The molecule has 0 aromatic heterocycles. The van der Waals surface area contributed by atoms with Crippen LogP contribution < -0.4 is 0 Å². The Bertz CT molecular complexity index is 334. The second-order valence-corrected chi connectivity index (χ2v) is 3.87. The van der Waals surface area contributed by atoms with Crippen LogP contribution in [0.3, 0.4) is 0 Å². The number of thioether (sulfide) groups is 1. The van der Waals surface area contributed by atoms with Crippen LogP contribution in [0, 0.1) is 5.92 Å². The van der Waals surface area contributed by atoms with Crippen molar-refractivity contribution in [2.24, 2.45) is 5.92 Å². The number of carbonyl (C=O) groups excluding carboxylic acids is 1. The highest BCUT2D eigenvalue weighted by atomic mass is 32.2. The Balaban J connectivity index is 2.62. The fourth-order valence-electron chi connectivity index (χ4n) is 0.794. The zero-order valence-electron chi connectivity index (χ0n) is 7.64. The number of hydrogen-bond donors (Lipinski definition) is 1. The number of carbonyl (C=O) groups is 2. The number of carboxylic acids is 1. The van der Waals surface area contributed by atoms with E-state index in [9.17, 15) is 9.59 Å². The van der Waals surface area contributed by atoms with Crippen molar-refractivity contribution in [1.82, 2.24) is 0 Å². The SMILES string of the molecule is C[C@@H](C(=O)O)C(=O)Sc1ccccc1. The molecule has 14 heavy (non-hydrogen) atoms. The predicted octanol–water partition coefficient (Wildman–Crippen LogP) is 2.03. The fraction of sp³-hybridized carbons (Fsp3) is 0.200. The molecule has 1 rings (SSSR count). The minimum atomic E-state index is -1.08. The van der Waals surface area contributed by atoms with Crippen LogP contribution in [-0.4, -0.2) is 16.2 Å². The molecule has 0 bridgehead atoms. The van der Waals surface area contributed by atoms with Gasteiger partial charge in [0, 0.05) is 4.90 Å². The minimum absolute atomic E-state index is 0.344. The summed E-state index contributed by atoms with van der Waals surface area (Å²) in [6, 6.07) is 9.01. The van der Waals surface area contributed by atoms with Gasteiger partial charge in [-0.1, -0.05) is 30.0 Å². The summed E-state index contributed by atoms with van der Waals surface area (Å²) >= 11 is 0.960. The number of benzene rings is 1. The summed E-state index contributed by atoms with van der Waals surface area (Å²) in [6.45, 7) is 1.39. The number of aliphatic carboxylic acids is 1. The fourth-order valence-corrected chi connectivity index (χ4v) is 1.60. The Morgan fingerprint density at radius 1 is 1.29 bits per heavy atom.